The maximum atomic E-state index is 10.6. The Kier molecular flexibility index (Phi) is 2.99. The fourth-order valence-electron chi connectivity index (χ4n) is 1.39. The van der Waals surface area contributed by atoms with Crippen molar-refractivity contribution in [1.29, 1.82) is 0 Å². The number of epoxide rings is 1. The molecule has 4 nitrogen and oxygen atoms in total. The molecule has 1 aromatic carbocycles. The van der Waals surface area contributed by atoms with Crippen LogP contribution in [-0.2, 0) is 20.9 Å². The summed E-state index contributed by atoms with van der Waals surface area (Å²) in [7, 11) is 0. The topological polar surface area (TPSA) is 64.9 Å². The standard InChI is InChI=1S/C11H13NO3/c12-11(13)10-9(15-10)7-14-6-8-4-2-1-3-5-8/h1-5,9-10H,6-7H2,(H2,12,13)/t9-,10-/m1/s1. The Morgan fingerprint density at radius 1 is 1.40 bits per heavy atom. The van der Waals surface area contributed by atoms with Gasteiger partial charge >= 0.3 is 0 Å². The molecule has 2 atom stereocenters. The zero-order valence-electron chi connectivity index (χ0n) is 8.26. The minimum absolute atomic E-state index is 0.147. The van der Waals surface area contributed by atoms with Crippen molar-refractivity contribution in [3.63, 3.8) is 0 Å². The Morgan fingerprint density at radius 3 is 2.73 bits per heavy atom. The molecule has 2 rings (SSSR count). The van der Waals surface area contributed by atoms with Gasteiger partial charge in [-0.15, -0.1) is 0 Å². The van der Waals surface area contributed by atoms with Gasteiger partial charge in [-0.3, -0.25) is 4.79 Å². The molecule has 0 radical (unpaired) electrons. The number of amides is 1. The van der Waals surface area contributed by atoms with E-state index in [0.717, 1.165) is 5.56 Å². The summed E-state index contributed by atoms with van der Waals surface area (Å²) in [5.74, 6) is -0.414. The van der Waals surface area contributed by atoms with E-state index in [1.54, 1.807) is 0 Å². The number of primary amides is 1. The molecule has 0 aromatic heterocycles. The molecule has 80 valence electrons. The van der Waals surface area contributed by atoms with Gasteiger partial charge in [-0.2, -0.15) is 0 Å². The van der Waals surface area contributed by atoms with Crippen LogP contribution >= 0.6 is 0 Å². The lowest BCUT2D eigenvalue weighted by Gasteiger charge is -2.01. The van der Waals surface area contributed by atoms with Crippen LogP contribution in [0.5, 0.6) is 0 Å². The Bertz CT molecular complexity index is 339. The van der Waals surface area contributed by atoms with E-state index in [1.165, 1.54) is 0 Å². The molecule has 4 heteroatoms. The van der Waals surface area contributed by atoms with Crippen molar-refractivity contribution < 1.29 is 14.3 Å². The van der Waals surface area contributed by atoms with E-state index < -0.39 is 12.0 Å². The van der Waals surface area contributed by atoms with Crippen LogP contribution in [0, 0.1) is 0 Å². The van der Waals surface area contributed by atoms with E-state index in [1.807, 2.05) is 30.3 Å². The molecule has 1 heterocycles. The van der Waals surface area contributed by atoms with Gasteiger partial charge in [0, 0.05) is 0 Å². The maximum Gasteiger partial charge on any atom is 0.249 e. The second-order valence-electron chi connectivity index (χ2n) is 3.50. The first-order chi connectivity index (χ1) is 7.27. The van der Waals surface area contributed by atoms with Gasteiger partial charge in [0.25, 0.3) is 0 Å². The van der Waals surface area contributed by atoms with Crippen LogP contribution in [0.3, 0.4) is 0 Å². The minimum atomic E-state index is -0.444. The molecular formula is C11H13NO3. The third-order valence-electron chi connectivity index (χ3n) is 2.26. The highest BCUT2D eigenvalue weighted by Gasteiger charge is 2.43. The SMILES string of the molecule is NC(=O)[C@@H]1O[C@@H]1COCc1ccccc1. The van der Waals surface area contributed by atoms with Gasteiger partial charge in [-0.1, -0.05) is 30.3 Å². The van der Waals surface area contributed by atoms with E-state index >= 15 is 0 Å². The van der Waals surface area contributed by atoms with Crippen molar-refractivity contribution in [3.8, 4) is 0 Å². The zero-order chi connectivity index (χ0) is 10.7. The Balaban J connectivity index is 1.67. The fourth-order valence-corrected chi connectivity index (χ4v) is 1.39. The van der Waals surface area contributed by atoms with Gasteiger partial charge in [-0.25, -0.2) is 0 Å². The molecule has 1 aliphatic rings. The molecule has 15 heavy (non-hydrogen) atoms. The van der Waals surface area contributed by atoms with Gasteiger partial charge < -0.3 is 15.2 Å². The van der Waals surface area contributed by atoms with E-state index in [9.17, 15) is 4.79 Å². The molecule has 0 unspecified atom stereocenters. The summed E-state index contributed by atoms with van der Waals surface area (Å²) >= 11 is 0. The van der Waals surface area contributed by atoms with Crippen molar-refractivity contribution in [2.24, 2.45) is 5.73 Å². The number of nitrogens with two attached hydrogens (primary N) is 1. The minimum Gasteiger partial charge on any atom is -0.374 e. The summed E-state index contributed by atoms with van der Waals surface area (Å²) in [6.45, 7) is 0.953. The van der Waals surface area contributed by atoms with E-state index in [4.69, 9.17) is 15.2 Å². The number of benzene rings is 1. The van der Waals surface area contributed by atoms with Gasteiger partial charge in [0.05, 0.1) is 13.2 Å². The van der Waals surface area contributed by atoms with Crippen LogP contribution in [0.15, 0.2) is 30.3 Å². The predicted octanol–water partition coefficient (Wildman–Crippen LogP) is 0.456. The highest BCUT2D eigenvalue weighted by atomic mass is 16.6. The second kappa shape index (κ2) is 4.42. The third kappa shape index (κ3) is 2.78. The van der Waals surface area contributed by atoms with Crippen molar-refractivity contribution in [1.82, 2.24) is 0 Å². The van der Waals surface area contributed by atoms with Gasteiger partial charge in [0.2, 0.25) is 5.91 Å². The number of carbonyl (C=O) groups is 1. The number of hydrogen-bond acceptors (Lipinski definition) is 3. The summed E-state index contributed by atoms with van der Waals surface area (Å²) in [6.07, 6.45) is -0.591. The Labute approximate surface area is 88.0 Å². The number of hydrogen-bond donors (Lipinski definition) is 1. The predicted molar refractivity (Wildman–Crippen MR) is 54.0 cm³/mol. The Hall–Kier alpha value is -1.39. The second-order valence-corrected chi connectivity index (χ2v) is 3.50. The summed E-state index contributed by atoms with van der Waals surface area (Å²) in [6, 6.07) is 9.84. The molecule has 1 aromatic rings. The number of rotatable bonds is 5. The molecule has 0 spiro atoms. The Morgan fingerprint density at radius 2 is 2.13 bits per heavy atom. The van der Waals surface area contributed by atoms with Crippen molar-refractivity contribution in [2.75, 3.05) is 6.61 Å². The molecule has 1 fully saturated rings. The van der Waals surface area contributed by atoms with Gasteiger partial charge in [0.1, 0.15) is 6.10 Å². The maximum absolute atomic E-state index is 10.6. The normalized spacial score (nSPS) is 23.7. The monoisotopic (exact) mass is 207 g/mol. The molecule has 0 bridgehead atoms. The third-order valence-corrected chi connectivity index (χ3v) is 2.26. The van der Waals surface area contributed by atoms with Crippen LogP contribution < -0.4 is 5.73 Å². The van der Waals surface area contributed by atoms with Crippen LogP contribution in [0.25, 0.3) is 0 Å². The average Bonchev–Trinajstić information content (AvgIpc) is 2.99. The first kappa shape index (κ1) is 10.1. The van der Waals surface area contributed by atoms with Crippen LogP contribution in [0.2, 0.25) is 0 Å². The molecule has 0 aliphatic carbocycles. The van der Waals surface area contributed by atoms with Crippen LogP contribution in [0.4, 0.5) is 0 Å². The molecule has 1 amide bonds. The van der Waals surface area contributed by atoms with Crippen molar-refractivity contribution in [2.45, 2.75) is 18.8 Å². The van der Waals surface area contributed by atoms with E-state index in [0.29, 0.717) is 13.2 Å². The molecule has 1 saturated heterocycles. The lowest BCUT2D eigenvalue weighted by Crippen LogP contribution is -2.21. The quantitative estimate of drug-likeness (QED) is 0.713. The van der Waals surface area contributed by atoms with Crippen molar-refractivity contribution in [3.05, 3.63) is 35.9 Å². The van der Waals surface area contributed by atoms with E-state index in [2.05, 4.69) is 0 Å². The number of carbonyl (C=O) groups excluding carboxylic acids is 1. The smallest absolute Gasteiger partial charge is 0.249 e. The molecule has 0 saturated carbocycles. The van der Waals surface area contributed by atoms with E-state index in [-0.39, 0.29) is 6.10 Å². The summed E-state index contributed by atoms with van der Waals surface area (Å²) in [5.41, 5.74) is 6.16. The molecular weight excluding hydrogens is 194 g/mol. The summed E-state index contributed by atoms with van der Waals surface area (Å²) < 4.78 is 10.4. The summed E-state index contributed by atoms with van der Waals surface area (Å²) in [5, 5.41) is 0. The first-order valence-electron chi connectivity index (χ1n) is 4.84. The lowest BCUT2D eigenvalue weighted by molar-refractivity contribution is -0.119. The van der Waals surface area contributed by atoms with Crippen LogP contribution in [-0.4, -0.2) is 24.7 Å². The lowest BCUT2D eigenvalue weighted by atomic mass is 10.2. The summed E-state index contributed by atoms with van der Waals surface area (Å²) in [4.78, 5) is 10.6. The average molecular weight is 207 g/mol. The highest BCUT2D eigenvalue weighted by molar-refractivity contribution is 5.81. The molecule has 2 N–H and O–H groups in total. The van der Waals surface area contributed by atoms with Gasteiger partial charge in [0.15, 0.2) is 6.10 Å². The number of ether oxygens (including phenoxy) is 2. The first-order valence-corrected chi connectivity index (χ1v) is 4.84. The van der Waals surface area contributed by atoms with Crippen LogP contribution in [0.1, 0.15) is 5.56 Å². The largest absolute Gasteiger partial charge is 0.374 e. The van der Waals surface area contributed by atoms with Gasteiger partial charge in [-0.05, 0) is 5.56 Å². The van der Waals surface area contributed by atoms with Crippen molar-refractivity contribution >= 4 is 5.91 Å². The molecule has 1 aliphatic heterocycles. The highest BCUT2D eigenvalue weighted by Crippen LogP contribution is 2.21. The zero-order valence-corrected chi connectivity index (χ0v) is 8.26. The fraction of sp³-hybridized carbons (Fsp3) is 0.364.